The molecule has 2 N–H and O–H groups in total. The highest BCUT2D eigenvalue weighted by atomic mass is 19.1. The highest BCUT2D eigenvalue weighted by Crippen LogP contribution is 2.50. The van der Waals surface area contributed by atoms with Crippen LogP contribution < -0.4 is 20.4 Å². The third-order valence-corrected chi connectivity index (χ3v) is 8.38. The van der Waals surface area contributed by atoms with E-state index in [2.05, 4.69) is 15.8 Å². The van der Waals surface area contributed by atoms with Gasteiger partial charge in [-0.3, -0.25) is 29.9 Å². The normalized spacial score (nSPS) is 27.2. The van der Waals surface area contributed by atoms with E-state index in [1.165, 1.54) is 4.90 Å². The molecule has 3 saturated heterocycles. The molecule has 4 aliphatic heterocycles. The van der Waals surface area contributed by atoms with Gasteiger partial charge >= 0.3 is 6.03 Å². The molecule has 5 amide bonds. The lowest BCUT2D eigenvalue weighted by Crippen LogP contribution is -2.75. The number of imide groups is 2. The number of barbiturate groups is 1. The van der Waals surface area contributed by atoms with Gasteiger partial charge in [0.05, 0.1) is 29.3 Å². The number of ether oxygens (including phenoxy) is 2. The Morgan fingerprint density at radius 1 is 1.10 bits per heavy atom. The molecular formula is C28H26FN5O7. The highest BCUT2D eigenvalue weighted by Gasteiger charge is 2.63. The molecule has 1 aromatic heterocycles. The quantitative estimate of drug-likeness (QED) is 0.456. The van der Waals surface area contributed by atoms with E-state index < -0.39 is 47.5 Å². The molecule has 7 rings (SSSR count). The lowest BCUT2D eigenvalue weighted by Gasteiger charge is -2.55. The molecule has 1 spiro atoms. The summed E-state index contributed by atoms with van der Waals surface area (Å²) in [6.45, 7) is 3.53. The van der Waals surface area contributed by atoms with Crippen molar-refractivity contribution in [1.82, 2.24) is 15.8 Å². The number of halogens is 1. The summed E-state index contributed by atoms with van der Waals surface area (Å²) in [5.41, 5.74) is -0.503. The van der Waals surface area contributed by atoms with Crippen molar-refractivity contribution < 1.29 is 37.6 Å². The first-order valence-corrected chi connectivity index (χ1v) is 13.4. The smallest absolute Gasteiger partial charge is 0.328 e. The number of nitrogens with zero attached hydrogens (tertiary/aromatic N) is 3. The Hall–Kier alpha value is -4.36. The van der Waals surface area contributed by atoms with Crippen molar-refractivity contribution >= 4 is 46.2 Å². The second-order valence-electron chi connectivity index (χ2n) is 10.9. The molecule has 4 atom stereocenters. The van der Waals surface area contributed by atoms with Gasteiger partial charge in [-0.25, -0.2) is 9.18 Å². The topological polar surface area (TPSA) is 143 Å². The van der Waals surface area contributed by atoms with Crippen LogP contribution in [0.4, 0.5) is 20.7 Å². The average Bonchev–Trinajstić information content (AvgIpc) is 3.50. The van der Waals surface area contributed by atoms with Crippen molar-refractivity contribution in [2.75, 3.05) is 23.0 Å². The lowest BCUT2D eigenvalue weighted by atomic mass is 9.66. The molecule has 2 aromatic carbocycles. The number of nitrogens with one attached hydrogen (secondary N) is 2. The molecule has 12 nitrogen and oxygen atoms in total. The zero-order valence-corrected chi connectivity index (χ0v) is 22.2. The molecule has 0 unspecified atom stereocenters. The molecule has 212 valence electrons. The van der Waals surface area contributed by atoms with Crippen LogP contribution in [-0.4, -0.2) is 66.5 Å². The zero-order chi connectivity index (χ0) is 28.6. The van der Waals surface area contributed by atoms with Gasteiger partial charge in [0.25, 0.3) is 5.91 Å². The van der Waals surface area contributed by atoms with Gasteiger partial charge in [-0.15, -0.1) is 0 Å². The molecule has 0 saturated carbocycles. The van der Waals surface area contributed by atoms with Crippen molar-refractivity contribution in [3.05, 3.63) is 53.3 Å². The number of urea groups is 1. The fourth-order valence-electron chi connectivity index (χ4n) is 6.80. The van der Waals surface area contributed by atoms with E-state index >= 15 is 4.39 Å². The summed E-state index contributed by atoms with van der Waals surface area (Å²) in [5.74, 6) is -2.57. The summed E-state index contributed by atoms with van der Waals surface area (Å²) in [5, 5.41) is 8.73. The van der Waals surface area contributed by atoms with E-state index in [0.29, 0.717) is 12.0 Å². The number of carbonyl (C=O) groups excluding carboxylic acids is 4. The van der Waals surface area contributed by atoms with E-state index in [9.17, 15) is 19.2 Å². The summed E-state index contributed by atoms with van der Waals surface area (Å²) >= 11 is 0. The van der Waals surface area contributed by atoms with Crippen LogP contribution in [0.5, 0.6) is 0 Å². The second kappa shape index (κ2) is 9.08. The summed E-state index contributed by atoms with van der Waals surface area (Å²) in [6.07, 6.45) is -1.55. The van der Waals surface area contributed by atoms with Gasteiger partial charge in [0.1, 0.15) is 12.8 Å². The van der Waals surface area contributed by atoms with E-state index in [1.54, 1.807) is 17.9 Å². The number of anilines is 2. The first kappa shape index (κ1) is 25.6. The first-order chi connectivity index (χ1) is 19.7. The summed E-state index contributed by atoms with van der Waals surface area (Å²) in [6, 6.07) is 9.24. The van der Waals surface area contributed by atoms with Gasteiger partial charge < -0.3 is 18.9 Å². The first-order valence-electron chi connectivity index (χ1n) is 13.4. The number of benzene rings is 2. The minimum absolute atomic E-state index is 0.0812. The van der Waals surface area contributed by atoms with Gasteiger partial charge in [-0.2, -0.15) is 0 Å². The van der Waals surface area contributed by atoms with Crippen LogP contribution in [0.3, 0.4) is 0 Å². The highest BCUT2D eigenvalue weighted by molar-refractivity contribution is 6.20. The van der Waals surface area contributed by atoms with E-state index in [-0.39, 0.29) is 54.1 Å². The summed E-state index contributed by atoms with van der Waals surface area (Å²) in [7, 11) is 0. The standard InChI is InChI=1S/C28H26FN5O7/c1-13-11-33-21-16(10-28(23(33)14(2)40-13)25(36)30-27(38)31-26(28)37)9-17-22(20(21)29)41-32-24(17)34-18(35)12-39-19(34)8-15-6-4-3-5-7-15/h3-7,9,13-14,19,23H,8,10-12H2,1-2H3,(H2,30,31,36,37,38)/t13-,14+,19-,23-/m0/s1. The maximum Gasteiger partial charge on any atom is 0.328 e. The van der Waals surface area contributed by atoms with Crippen molar-refractivity contribution in [3.8, 4) is 0 Å². The largest absolute Gasteiger partial charge is 0.372 e. The molecule has 3 fully saturated rings. The van der Waals surface area contributed by atoms with Crippen molar-refractivity contribution in [1.29, 1.82) is 0 Å². The van der Waals surface area contributed by atoms with Crippen molar-refractivity contribution in [2.24, 2.45) is 5.41 Å². The zero-order valence-electron chi connectivity index (χ0n) is 22.2. The van der Waals surface area contributed by atoms with Crippen LogP contribution in [-0.2, 0) is 36.7 Å². The molecule has 13 heteroatoms. The van der Waals surface area contributed by atoms with Gasteiger partial charge in [-0.05, 0) is 31.0 Å². The molecule has 0 radical (unpaired) electrons. The predicted octanol–water partition coefficient (Wildman–Crippen LogP) is 1.79. The number of morpholine rings is 1. The Morgan fingerprint density at radius 3 is 2.56 bits per heavy atom. The van der Waals surface area contributed by atoms with Crippen LogP contribution in [0.1, 0.15) is 25.0 Å². The molecule has 41 heavy (non-hydrogen) atoms. The van der Waals surface area contributed by atoms with Crippen LogP contribution in [0.2, 0.25) is 0 Å². The van der Waals surface area contributed by atoms with Gasteiger partial charge in [0, 0.05) is 19.4 Å². The molecule has 3 aromatic rings. The number of amides is 5. The average molecular weight is 564 g/mol. The van der Waals surface area contributed by atoms with Gasteiger partial charge in [-0.1, -0.05) is 35.5 Å². The number of carbonyl (C=O) groups is 4. The van der Waals surface area contributed by atoms with Gasteiger partial charge in [0.15, 0.2) is 17.1 Å². The van der Waals surface area contributed by atoms with Crippen molar-refractivity contribution in [2.45, 2.75) is 51.2 Å². The van der Waals surface area contributed by atoms with Crippen LogP contribution in [0, 0.1) is 11.2 Å². The van der Waals surface area contributed by atoms with Gasteiger partial charge in [0.2, 0.25) is 17.4 Å². The predicted molar refractivity (Wildman–Crippen MR) is 140 cm³/mol. The molecule has 4 aliphatic rings. The summed E-state index contributed by atoms with van der Waals surface area (Å²) < 4.78 is 33.7. The minimum atomic E-state index is -1.78. The fourth-order valence-corrected chi connectivity index (χ4v) is 6.80. The monoisotopic (exact) mass is 563 g/mol. The number of aromatic nitrogens is 1. The Morgan fingerprint density at radius 2 is 1.83 bits per heavy atom. The maximum atomic E-state index is 16.4. The number of fused-ring (bicyclic) bond motifs is 5. The molecule has 0 bridgehead atoms. The number of hydrogen-bond donors (Lipinski definition) is 2. The second-order valence-corrected chi connectivity index (χ2v) is 10.9. The number of rotatable bonds is 3. The third-order valence-electron chi connectivity index (χ3n) is 8.38. The van der Waals surface area contributed by atoms with Crippen LogP contribution >= 0.6 is 0 Å². The Kier molecular flexibility index (Phi) is 5.67. The van der Waals surface area contributed by atoms with Crippen molar-refractivity contribution in [3.63, 3.8) is 0 Å². The molecule has 5 heterocycles. The van der Waals surface area contributed by atoms with E-state index in [4.69, 9.17) is 14.0 Å². The van der Waals surface area contributed by atoms with Crippen LogP contribution in [0.25, 0.3) is 11.0 Å². The third kappa shape index (κ3) is 3.68. The fraction of sp³-hybridized carbons (Fsp3) is 0.393. The molecular weight excluding hydrogens is 537 g/mol. The van der Waals surface area contributed by atoms with E-state index in [0.717, 1.165) is 5.56 Å². The Bertz CT molecular complexity index is 1600. The van der Waals surface area contributed by atoms with E-state index in [1.807, 2.05) is 37.3 Å². The Labute approximate surface area is 232 Å². The van der Waals surface area contributed by atoms with Crippen LogP contribution in [0.15, 0.2) is 40.9 Å². The number of hydrogen-bond acceptors (Lipinski definition) is 9. The minimum Gasteiger partial charge on any atom is -0.372 e. The SMILES string of the molecule is C[C@H]1CN2c3c(cc4c(N5C(=O)CO[C@H]5Cc5ccccc5)noc4c3F)CC3(C(=O)NC(=O)NC3=O)[C@@H]2[C@@H](C)O1. The summed E-state index contributed by atoms with van der Waals surface area (Å²) in [4.78, 5) is 54.9. The maximum absolute atomic E-state index is 16.4. The molecule has 0 aliphatic carbocycles. The Balaban J connectivity index is 1.37. The lowest BCUT2D eigenvalue weighted by molar-refractivity contribution is -0.153.